The van der Waals surface area contributed by atoms with Gasteiger partial charge in [-0.25, -0.2) is 8.78 Å². The SMILES string of the molecule is CC(N)C(Oc1cc(F)ccc1F)c1ccncc1. The Morgan fingerprint density at radius 2 is 1.84 bits per heavy atom. The summed E-state index contributed by atoms with van der Waals surface area (Å²) in [5.41, 5.74) is 6.60. The molecule has 0 aliphatic carbocycles. The number of halogens is 2. The number of ether oxygens (including phenoxy) is 1. The van der Waals surface area contributed by atoms with E-state index in [9.17, 15) is 8.78 Å². The maximum absolute atomic E-state index is 13.6. The van der Waals surface area contributed by atoms with Crippen molar-refractivity contribution in [2.75, 3.05) is 0 Å². The predicted molar refractivity (Wildman–Crippen MR) is 67.6 cm³/mol. The van der Waals surface area contributed by atoms with Gasteiger partial charge in [-0.15, -0.1) is 0 Å². The van der Waals surface area contributed by atoms with E-state index in [0.29, 0.717) is 0 Å². The first-order valence-electron chi connectivity index (χ1n) is 5.85. The lowest BCUT2D eigenvalue weighted by atomic mass is 10.1. The van der Waals surface area contributed by atoms with Gasteiger partial charge < -0.3 is 10.5 Å². The van der Waals surface area contributed by atoms with Crippen LogP contribution in [0.2, 0.25) is 0 Å². The molecule has 2 aromatic rings. The number of pyridine rings is 1. The summed E-state index contributed by atoms with van der Waals surface area (Å²) in [5.74, 6) is -1.34. The van der Waals surface area contributed by atoms with E-state index in [2.05, 4.69) is 4.98 Å². The lowest BCUT2D eigenvalue weighted by molar-refractivity contribution is 0.171. The number of hydrogen-bond donors (Lipinski definition) is 1. The van der Waals surface area contributed by atoms with Crippen LogP contribution in [0.5, 0.6) is 5.75 Å². The molecule has 1 aromatic carbocycles. The zero-order valence-electron chi connectivity index (χ0n) is 10.4. The van der Waals surface area contributed by atoms with Crippen molar-refractivity contribution in [3.8, 4) is 5.75 Å². The average molecular weight is 264 g/mol. The minimum Gasteiger partial charge on any atom is -0.481 e. The highest BCUT2D eigenvalue weighted by molar-refractivity contribution is 5.27. The molecule has 0 aliphatic heterocycles. The monoisotopic (exact) mass is 264 g/mol. The van der Waals surface area contributed by atoms with Crippen LogP contribution in [-0.2, 0) is 0 Å². The summed E-state index contributed by atoms with van der Waals surface area (Å²) in [6.45, 7) is 1.74. The van der Waals surface area contributed by atoms with Gasteiger partial charge >= 0.3 is 0 Å². The molecule has 0 fully saturated rings. The van der Waals surface area contributed by atoms with Crippen molar-refractivity contribution in [1.82, 2.24) is 4.98 Å². The van der Waals surface area contributed by atoms with E-state index in [0.717, 1.165) is 23.8 Å². The quantitative estimate of drug-likeness (QED) is 0.923. The summed E-state index contributed by atoms with van der Waals surface area (Å²) < 4.78 is 32.2. The molecule has 1 heterocycles. The Hall–Kier alpha value is -2.01. The first-order valence-corrected chi connectivity index (χ1v) is 5.85. The molecule has 0 amide bonds. The van der Waals surface area contributed by atoms with Gasteiger partial charge in [0.05, 0.1) is 0 Å². The van der Waals surface area contributed by atoms with E-state index in [4.69, 9.17) is 10.5 Å². The maximum atomic E-state index is 13.6. The van der Waals surface area contributed by atoms with Crippen molar-refractivity contribution >= 4 is 0 Å². The number of aromatic nitrogens is 1. The fraction of sp³-hybridized carbons (Fsp3) is 0.214. The number of benzene rings is 1. The van der Waals surface area contributed by atoms with Crippen molar-refractivity contribution in [2.45, 2.75) is 19.1 Å². The predicted octanol–water partition coefficient (Wildman–Crippen LogP) is 2.83. The van der Waals surface area contributed by atoms with Gasteiger partial charge in [-0.3, -0.25) is 4.98 Å². The molecule has 0 saturated heterocycles. The third kappa shape index (κ3) is 3.26. The lowest BCUT2D eigenvalue weighted by Gasteiger charge is -2.23. The molecule has 2 atom stereocenters. The van der Waals surface area contributed by atoms with E-state index >= 15 is 0 Å². The second-order valence-corrected chi connectivity index (χ2v) is 4.25. The van der Waals surface area contributed by atoms with Gasteiger partial charge in [-0.1, -0.05) is 0 Å². The third-order valence-electron chi connectivity index (χ3n) is 2.66. The van der Waals surface area contributed by atoms with E-state index in [1.807, 2.05) is 0 Å². The average Bonchev–Trinajstić information content (AvgIpc) is 2.40. The molecule has 2 unspecified atom stereocenters. The molecule has 0 bridgehead atoms. The number of nitrogens with zero attached hydrogens (tertiary/aromatic N) is 1. The molecule has 3 nitrogen and oxygen atoms in total. The number of hydrogen-bond acceptors (Lipinski definition) is 3. The van der Waals surface area contributed by atoms with Crippen LogP contribution in [0.1, 0.15) is 18.6 Å². The fourth-order valence-electron chi connectivity index (χ4n) is 1.74. The fourth-order valence-corrected chi connectivity index (χ4v) is 1.74. The number of rotatable bonds is 4. The molecule has 0 saturated carbocycles. The van der Waals surface area contributed by atoms with Gasteiger partial charge in [0.15, 0.2) is 11.6 Å². The second kappa shape index (κ2) is 5.75. The first kappa shape index (κ1) is 13.4. The molecule has 100 valence electrons. The molecular weight excluding hydrogens is 250 g/mol. The largest absolute Gasteiger partial charge is 0.481 e. The van der Waals surface area contributed by atoms with E-state index in [1.165, 1.54) is 0 Å². The summed E-state index contributed by atoms with van der Waals surface area (Å²) >= 11 is 0. The molecule has 5 heteroatoms. The first-order chi connectivity index (χ1) is 9.08. The maximum Gasteiger partial charge on any atom is 0.165 e. The van der Waals surface area contributed by atoms with Crippen LogP contribution >= 0.6 is 0 Å². The zero-order valence-corrected chi connectivity index (χ0v) is 10.4. The summed E-state index contributed by atoms with van der Waals surface area (Å²) in [6.07, 6.45) is 2.62. The van der Waals surface area contributed by atoms with Crippen LogP contribution < -0.4 is 10.5 Å². The summed E-state index contributed by atoms with van der Waals surface area (Å²) in [6, 6.07) is 6.14. The van der Waals surface area contributed by atoms with Crippen LogP contribution in [-0.4, -0.2) is 11.0 Å². The zero-order chi connectivity index (χ0) is 13.8. The standard InChI is InChI=1S/C14H14F2N2O/c1-9(17)14(10-4-6-18-7-5-10)19-13-8-11(15)2-3-12(13)16/h2-9,14H,17H2,1H3. The topological polar surface area (TPSA) is 48.1 Å². The Bertz CT molecular complexity index is 546. The molecule has 1 aromatic heterocycles. The van der Waals surface area contributed by atoms with Crippen LogP contribution in [0.3, 0.4) is 0 Å². The van der Waals surface area contributed by atoms with E-state index in [-0.39, 0.29) is 11.8 Å². The molecule has 2 N–H and O–H groups in total. The van der Waals surface area contributed by atoms with Gasteiger partial charge in [-0.2, -0.15) is 0 Å². The minimum absolute atomic E-state index is 0.154. The molecule has 2 rings (SSSR count). The van der Waals surface area contributed by atoms with Crippen molar-refractivity contribution in [2.24, 2.45) is 5.73 Å². The van der Waals surface area contributed by atoms with Gasteiger partial charge in [0.2, 0.25) is 0 Å². The smallest absolute Gasteiger partial charge is 0.165 e. The molecule has 0 radical (unpaired) electrons. The summed E-state index contributed by atoms with van der Waals surface area (Å²) in [5, 5.41) is 0. The molecule has 19 heavy (non-hydrogen) atoms. The second-order valence-electron chi connectivity index (χ2n) is 4.25. The van der Waals surface area contributed by atoms with Crippen LogP contribution in [0.15, 0.2) is 42.7 Å². The Labute approximate surface area is 110 Å². The van der Waals surface area contributed by atoms with Crippen LogP contribution in [0.25, 0.3) is 0 Å². The summed E-state index contributed by atoms with van der Waals surface area (Å²) in [4.78, 5) is 3.90. The third-order valence-corrected chi connectivity index (χ3v) is 2.66. The Morgan fingerprint density at radius 3 is 2.47 bits per heavy atom. The van der Waals surface area contributed by atoms with Crippen molar-refractivity contribution in [3.05, 3.63) is 59.9 Å². The molecule has 0 spiro atoms. The normalized spacial score (nSPS) is 13.9. The van der Waals surface area contributed by atoms with Gasteiger partial charge in [0.25, 0.3) is 0 Å². The van der Waals surface area contributed by atoms with Gasteiger partial charge in [0, 0.05) is 24.5 Å². The Balaban J connectivity index is 2.29. The van der Waals surface area contributed by atoms with Gasteiger partial charge in [0.1, 0.15) is 11.9 Å². The van der Waals surface area contributed by atoms with Gasteiger partial charge in [-0.05, 0) is 36.8 Å². The van der Waals surface area contributed by atoms with Crippen LogP contribution in [0, 0.1) is 11.6 Å². The van der Waals surface area contributed by atoms with Crippen molar-refractivity contribution in [3.63, 3.8) is 0 Å². The Kier molecular flexibility index (Phi) is 4.06. The Morgan fingerprint density at radius 1 is 1.16 bits per heavy atom. The highest BCUT2D eigenvalue weighted by atomic mass is 19.1. The highest BCUT2D eigenvalue weighted by Crippen LogP contribution is 2.26. The molecular formula is C14H14F2N2O. The van der Waals surface area contributed by atoms with Crippen LogP contribution in [0.4, 0.5) is 8.78 Å². The van der Waals surface area contributed by atoms with E-state index < -0.39 is 17.7 Å². The van der Waals surface area contributed by atoms with Crippen molar-refractivity contribution < 1.29 is 13.5 Å². The lowest BCUT2D eigenvalue weighted by Crippen LogP contribution is -2.29. The highest BCUT2D eigenvalue weighted by Gasteiger charge is 2.20. The summed E-state index contributed by atoms with van der Waals surface area (Å²) in [7, 11) is 0. The van der Waals surface area contributed by atoms with E-state index in [1.54, 1.807) is 31.5 Å². The molecule has 0 aliphatic rings. The number of nitrogens with two attached hydrogens (primary N) is 1. The van der Waals surface area contributed by atoms with Crippen molar-refractivity contribution in [1.29, 1.82) is 0 Å². The minimum atomic E-state index is -0.624.